The molecule has 0 radical (unpaired) electrons. The van der Waals surface area contributed by atoms with Crippen LogP contribution in [-0.2, 0) is 16.1 Å². The van der Waals surface area contributed by atoms with Crippen molar-refractivity contribution in [1.82, 2.24) is 20.4 Å². The number of carbonyl (C=O) groups excluding carboxylic acids is 3. The largest absolute Gasteiger partial charge is 0.367 e. The number of rotatable bonds is 11. The summed E-state index contributed by atoms with van der Waals surface area (Å²) in [5, 5.41) is 6.01. The highest BCUT2D eigenvalue weighted by atomic mass is 19.1. The summed E-state index contributed by atoms with van der Waals surface area (Å²) in [6.45, 7) is 6.62. The van der Waals surface area contributed by atoms with E-state index in [0.29, 0.717) is 18.4 Å². The summed E-state index contributed by atoms with van der Waals surface area (Å²) in [4.78, 5) is 41.1. The molecule has 188 valence electrons. The van der Waals surface area contributed by atoms with E-state index in [2.05, 4.69) is 20.4 Å². The fourth-order valence-corrected chi connectivity index (χ4v) is 5.04. The van der Waals surface area contributed by atoms with Crippen molar-refractivity contribution in [1.29, 1.82) is 0 Å². The number of benzene rings is 1. The quantitative estimate of drug-likeness (QED) is 0.467. The Morgan fingerprint density at radius 1 is 1.24 bits per heavy atom. The Balaban J connectivity index is 1.70. The van der Waals surface area contributed by atoms with Crippen molar-refractivity contribution < 1.29 is 18.8 Å². The van der Waals surface area contributed by atoms with Gasteiger partial charge in [0.2, 0.25) is 5.91 Å². The molecule has 1 unspecified atom stereocenters. The number of carbonyl (C=O) groups is 3. The highest BCUT2D eigenvalue weighted by molar-refractivity contribution is 5.82. The van der Waals surface area contributed by atoms with Crippen LogP contribution in [0, 0.1) is 11.7 Å². The van der Waals surface area contributed by atoms with Gasteiger partial charge in [0.1, 0.15) is 12.6 Å². The van der Waals surface area contributed by atoms with Gasteiger partial charge in [-0.3, -0.25) is 19.4 Å². The third-order valence-corrected chi connectivity index (χ3v) is 7.12. The van der Waals surface area contributed by atoms with E-state index in [-0.39, 0.29) is 30.0 Å². The summed E-state index contributed by atoms with van der Waals surface area (Å²) in [6.07, 6.45) is 4.41. The molecule has 1 amide bonds. The van der Waals surface area contributed by atoms with Crippen LogP contribution in [0.15, 0.2) is 12.1 Å². The highest BCUT2D eigenvalue weighted by Gasteiger charge is 2.27. The second kappa shape index (κ2) is 12.9. The maximum atomic E-state index is 15.7. The Bertz CT molecular complexity index is 838. The SMILES string of the molecule is CNC(=O)C(CCC=O)N(C)Cc1c(C=O)ccc(N2CCN(CC3CCNCC3)CC2)c1F. The highest BCUT2D eigenvalue weighted by Crippen LogP contribution is 2.28. The number of hydrogen-bond acceptors (Lipinski definition) is 7. The molecule has 1 aromatic rings. The first-order valence-corrected chi connectivity index (χ1v) is 12.3. The lowest BCUT2D eigenvalue weighted by molar-refractivity contribution is -0.126. The number of likely N-dealkylation sites (N-methyl/N-ethyl adjacent to an activating group) is 2. The summed E-state index contributed by atoms with van der Waals surface area (Å²) < 4.78 is 15.7. The van der Waals surface area contributed by atoms with Crippen LogP contribution in [0.2, 0.25) is 0 Å². The molecular weight excluding hydrogens is 437 g/mol. The zero-order chi connectivity index (χ0) is 24.5. The Kier molecular flexibility index (Phi) is 9.98. The van der Waals surface area contributed by atoms with E-state index >= 15 is 4.39 Å². The molecule has 8 nitrogen and oxygen atoms in total. The summed E-state index contributed by atoms with van der Waals surface area (Å²) in [5.41, 5.74) is 1.07. The molecule has 2 fully saturated rings. The molecule has 1 aromatic carbocycles. The van der Waals surface area contributed by atoms with Gasteiger partial charge in [0.05, 0.1) is 11.7 Å². The predicted molar refractivity (Wildman–Crippen MR) is 131 cm³/mol. The average Bonchev–Trinajstić information content (AvgIpc) is 2.86. The average molecular weight is 476 g/mol. The van der Waals surface area contributed by atoms with Gasteiger partial charge in [0, 0.05) is 63.9 Å². The maximum Gasteiger partial charge on any atom is 0.237 e. The molecule has 0 aliphatic carbocycles. The summed E-state index contributed by atoms with van der Waals surface area (Å²) in [7, 11) is 3.25. The van der Waals surface area contributed by atoms with E-state index in [9.17, 15) is 14.4 Å². The third kappa shape index (κ3) is 6.61. The van der Waals surface area contributed by atoms with Gasteiger partial charge in [-0.05, 0) is 57.5 Å². The van der Waals surface area contributed by atoms with Gasteiger partial charge in [-0.2, -0.15) is 0 Å². The predicted octanol–water partition coefficient (Wildman–Crippen LogP) is 1.29. The second-order valence-electron chi connectivity index (χ2n) is 9.35. The first-order chi connectivity index (χ1) is 16.5. The number of hydrogen-bond donors (Lipinski definition) is 2. The van der Waals surface area contributed by atoms with Crippen LogP contribution in [0.5, 0.6) is 0 Å². The van der Waals surface area contributed by atoms with E-state index in [1.165, 1.54) is 19.9 Å². The third-order valence-electron chi connectivity index (χ3n) is 7.12. The van der Waals surface area contributed by atoms with Crippen LogP contribution in [-0.4, -0.2) is 94.2 Å². The van der Waals surface area contributed by atoms with Crippen LogP contribution in [0.25, 0.3) is 0 Å². The van der Waals surface area contributed by atoms with Crippen molar-refractivity contribution in [3.05, 3.63) is 29.1 Å². The summed E-state index contributed by atoms with van der Waals surface area (Å²) in [5.74, 6) is 0.0822. The number of piperazine rings is 1. The van der Waals surface area contributed by atoms with Crippen molar-refractivity contribution in [2.75, 3.05) is 64.8 Å². The fraction of sp³-hybridized carbons (Fsp3) is 0.640. The zero-order valence-electron chi connectivity index (χ0n) is 20.4. The molecule has 2 aliphatic rings. The molecule has 34 heavy (non-hydrogen) atoms. The minimum atomic E-state index is -0.587. The number of piperidine rings is 1. The minimum absolute atomic E-state index is 0.0976. The van der Waals surface area contributed by atoms with E-state index in [1.54, 1.807) is 24.1 Å². The van der Waals surface area contributed by atoms with E-state index in [1.807, 2.05) is 0 Å². The summed E-state index contributed by atoms with van der Waals surface area (Å²) in [6, 6.07) is 2.76. The minimum Gasteiger partial charge on any atom is -0.367 e. The lowest BCUT2D eigenvalue weighted by atomic mass is 9.97. The van der Waals surface area contributed by atoms with Crippen molar-refractivity contribution in [3.8, 4) is 0 Å². The van der Waals surface area contributed by atoms with Crippen LogP contribution in [0.3, 0.4) is 0 Å². The number of halogens is 1. The van der Waals surface area contributed by atoms with Crippen molar-refractivity contribution >= 4 is 24.2 Å². The molecule has 3 rings (SSSR count). The molecule has 2 heterocycles. The van der Waals surface area contributed by atoms with Gasteiger partial charge in [-0.15, -0.1) is 0 Å². The van der Waals surface area contributed by atoms with Gasteiger partial charge in [0.25, 0.3) is 0 Å². The van der Waals surface area contributed by atoms with Crippen LogP contribution < -0.4 is 15.5 Å². The number of nitrogens with zero attached hydrogens (tertiary/aromatic N) is 3. The molecule has 0 saturated carbocycles. The molecule has 0 spiro atoms. The lowest BCUT2D eigenvalue weighted by Crippen LogP contribution is -2.49. The monoisotopic (exact) mass is 475 g/mol. The van der Waals surface area contributed by atoms with Crippen molar-refractivity contribution in [3.63, 3.8) is 0 Å². The number of amides is 1. The normalized spacial score (nSPS) is 18.6. The second-order valence-corrected chi connectivity index (χ2v) is 9.35. The Labute approximate surface area is 201 Å². The zero-order valence-corrected chi connectivity index (χ0v) is 20.4. The van der Waals surface area contributed by atoms with Gasteiger partial charge >= 0.3 is 0 Å². The molecule has 2 N–H and O–H groups in total. The smallest absolute Gasteiger partial charge is 0.237 e. The molecular formula is C25H38FN5O3. The Hall–Kier alpha value is -2.36. The van der Waals surface area contributed by atoms with Gasteiger partial charge in [0.15, 0.2) is 5.82 Å². The fourth-order valence-electron chi connectivity index (χ4n) is 5.04. The van der Waals surface area contributed by atoms with Crippen molar-refractivity contribution in [2.24, 2.45) is 5.92 Å². The summed E-state index contributed by atoms with van der Waals surface area (Å²) >= 11 is 0. The number of anilines is 1. The van der Waals surface area contributed by atoms with Crippen molar-refractivity contribution in [2.45, 2.75) is 38.3 Å². The standard InChI is InChI=1S/C25H38FN5O3/c1-27-25(34)23(4-3-15-32)29(2)17-21-20(18-33)5-6-22(24(21)26)31-13-11-30(12-14-31)16-19-7-9-28-10-8-19/h5-6,15,18-19,23,28H,3-4,7-14,16-17H2,1-2H3,(H,27,34). The molecule has 0 aromatic heterocycles. The molecule has 9 heteroatoms. The molecule has 1 atom stereocenters. The topological polar surface area (TPSA) is 85.0 Å². The van der Waals surface area contributed by atoms with Gasteiger partial charge < -0.3 is 20.3 Å². The Morgan fingerprint density at radius 2 is 1.94 bits per heavy atom. The van der Waals surface area contributed by atoms with E-state index in [4.69, 9.17) is 0 Å². The first-order valence-electron chi connectivity index (χ1n) is 12.3. The lowest BCUT2D eigenvalue weighted by Gasteiger charge is -2.38. The molecule has 2 saturated heterocycles. The number of aldehydes is 2. The van der Waals surface area contributed by atoms with Crippen LogP contribution in [0.4, 0.5) is 10.1 Å². The molecule has 2 aliphatic heterocycles. The van der Waals surface area contributed by atoms with Crippen LogP contribution >= 0.6 is 0 Å². The maximum absolute atomic E-state index is 15.7. The van der Waals surface area contributed by atoms with Gasteiger partial charge in [-0.25, -0.2) is 4.39 Å². The van der Waals surface area contributed by atoms with E-state index in [0.717, 1.165) is 58.0 Å². The first kappa shape index (κ1) is 26.2. The molecule has 0 bridgehead atoms. The van der Waals surface area contributed by atoms with Gasteiger partial charge in [-0.1, -0.05) is 0 Å². The van der Waals surface area contributed by atoms with E-state index < -0.39 is 11.9 Å². The number of nitrogens with one attached hydrogen (secondary N) is 2. The van der Waals surface area contributed by atoms with Crippen LogP contribution in [0.1, 0.15) is 41.6 Å². The Morgan fingerprint density at radius 3 is 2.56 bits per heavy atom.